The molecule has 0 atom stereocenters. The van der Waals surface area contributed by atoms with Crippen LogP contribution in [0.15, 0.2) is 12.7 Å². The van der Waals surface area contributed by atoms with Crippen molar-refractivity contribution >= 4 is 5.91 Å². The topological polar surface area (TPSA) is 20.3 Å². The Hall–Kier alpha value is -1.84. The number of rotatable bonds is 9. The molecule has 0 N–H and O–H groups in total. The van der Waals surface area contributed by atoms with Crippen molar-refractivity contribution in [1.29, 1.82) is 0 Å². The van der Waals surface area contributed by atoms with Crippen LogP contribution in [0.5, 0.6) is 0 Å². The van der Waals surface area contributed by atoms with Crippen LogP contribution in [0.4, 0.5) is 65.9 Å². The normalized spacial score (nSPS) is 15.2. The van der Waals surface area contributed by atoms with Crippen molar-refractivity contribution in [2.75, 3.05) is 13.1 Å². The van der Waals surface area contributed by atoms with E-state index in [1.807, 2.05) is 0 Å². The summed E-state index contributed by atoms with van der Waals surface area (Å²) in [5.74, 6) is -51.2. The Morgan fingerprint density at radius 3 is 1.33 bits per heavy atom. The predicted molar refractivity (Wildman–Crippen MR) is 68.2 cm³/mol. The predicted octanol–water partition coefficient (Wildman–Crippen LogP) is 5.40. The molecule has 0 fully saturated rings. The molecule has 30 heavy (non-hydrogen) atoms. The molecule has 17 heteroatoms. The van der Waals surface area contributed by atoms with Gasteiger partial charge in [0.1, 0.15) is 0 Å². The van der Waals surface area contributed by atoms with E-state index in [4.69, 9.17) is 0 Å². The largest absolute Gasteiger partial charge is 0.460 e. The molecular weight excluding hydrogens is 471 g/mol. The third-order valence-electron chi connectivity index (χ3n) is 3.61. The second-order valence-corrected chi connectivity index (χ2v) is 5.58. The number of likely N-dealkylation sites (N-methyl/N-ethyl adjacent to an activating group) is 1. The van der Waals surface area contributed by atoms with E-state index in [2.05, 4.69) is 6.58 Å². The number of amides is 1. The first kappa shape index (κ1) is 28.2. The average Bonchev–Trinajstić information content (AvgIpc) is 2.56. The zero-order valence-corrected chi connectivity index (χ0v) is 14.2. The lowest BCUT2D eigenvalue weighted by molar-refractivity contribution is -0.449. The van der Waals surface area contributed by atoms with Gasteiger partial charge in [-0.2, -0.15) is 65.9 Å². The molecule has 0 aliphatic rings. The van der Waals surface area contributed by atoms with Crippen molar-refractivity contribution in [3.05, 3.63) is 12.7 Å². The molecule has 178 valence electrons. The molecule has 2 nitrogen and oxygen atoms in total. The van der Waals surface area contributed by atoms with Gasteiger partial charge in [0.05, 0.1) is 0 Å². The first-order chi connectivity index (χ1) is 12.9. The molecule has 0 aliphatic carbocycles. The Balaban J connectivity index is 6.62. The summed E-state index contributed by atoms with van der Waals surface area (Å²) in [7, 11) is 0. The van der Waals surface area contributed by atoms with Gasteiger partial charge < -0.3 is 4.90 Å². The van der Waals surface area contributed by atoms with Crippen LogP contribution in [-0.2, 0) is 4.79 Å². The van der Waals surface area contributed by atoms with Crippen molar-refractivity contribution in [3.63, 3.8) is 0 Å². The molecule has 0 saturated carbocycles. The number of halogens is 15. The Morgan fingerprint density at radius 1 is 0.700 bits per heavy atom. The summed E-state index contributed by atoms with van der Waals surface area (Å²) >= 11 is 0. The fraction of sp³-hybridized carbons (Fsp3) is 0.769. The smallest absolute Gasteiger partial charge is 0.334 e. The molecular formula is C13H10F15NO. The average molecular weight is 481 g/mol. The minimum Gasteiger partial charge on any atom is -0.334 e. The Labute approximate surface area is 157 Å². The van der Waals surface area contributed by atoms with Crippen molar-refractivity contribution in [3.8, 4) is 0 Å². The first-order valence-electron chi connectivity index (χ1n) is 7.17. The highest BCUT2D eigenvalue weighted by atomic mass is 19.4. The SMILES string of the molecule is C=CCN(CC)C(=O)C(F)(F)C(F)(F)C(F)(F)C(F)(F)C(F)(F)C(F)(F)C(F)(F)F. The summed E-state index contributed by atoms with van der Waals surface area (Å²) in [6.45, 7) is 1.63. The van der Waals surface area contributed by atoms with Crippen LogP contribution in [0.1, 0.15) is 6.92 Å². The Morgan fingerprint density at radius 2 is 1.03 bits per heavy atom. The van der Waals surface area contributed by atoms with Crippen LogP contribution in [0.25, 0.3) is 0 Å². The van der Waals surface area contributed by atoms with Gasteiger partial charge >= 0.3 is 41.7 Å². The van der Waals surface area contributed by atoms with Gasteiger partial charge in [0, 0.05) is 13.1 Å². The van der Waals surface area contributed by atoms with E-state index in [1.165, 1.54) is 0 Å². The van der Waals surface area contributed by atoms with Gasteiger partial charge in [0.15, 0.2) is 0 Å². The van der Waals surface area contributed by atoms with Crippen LogP contribution in [0, 0.1) is 0 Å². The molecule has 0 unspecified atom stereocenters. The summed E-state index contributed by atoms with van der Waals surface area (Å²) in [6.07, 6.45) is -7.10. The fourth-order valence-electron chi connectivity index (χ4n) is 1.81. The second-order valence-electron chi connectivity index (χ2n) is 5.58. The zero-order chi connectivity index (χ0) is 24.8. The Bertz CT molecular complexity index is 651. The van der Waals surface area contributed by atoms with Gasteiger partial charge in [-0.05, 0) is 6.92 Å². The van der Waals surface area contributed by atoms with Gasteiger partial charge in [-0.3, -0.25) is 4.79 Å². The molecule has 0 aliphatic heterocycles. The molecule has 0 radical (unpaired) electrons. The van der Waals surface area contributed by atoms with E-state index in [0.29, 0.717) is 6.08 Å². The summed E-state index contributed by atoms with van der Waals surface area (Å²) in [5, 5.41) is 0. The molecule has 1 amide bonds. The highest BCUT2D eigenvalue weighted by Gasteiger charge is 2.94. The lowest BCUT2D eigenvalue weighted by Crippen LogP contribution is -2.74. The standard InChI is InChI=1S/C13H10F15NO/c1-3-5-29(4-2)6(30)7(14,15)8(16,17)9(18,19)10(20,21)11(22,23)12(24,25)13(26,27)28/h3H,1,4-5H2,2H3. The molecule has 0 aromatic carbocycles. The lowest BCUT2D eigenvalue weighted by Gasteiger charge is -2.41. The van der Waals surface area contributed by atoms with E-state index in [9.17, 15) is 70.7 Å². The van der Waals surface area contributed by atoms with Crippen molar-refractivity contribution in [2.24, 2.45) is 0 Å². The number of nitrogens with zero attached hydrogens (tertiary/aromatic N) is 1. The maximum Gasteiger partial charge on any atom is 0.460 e. The quantitative estimate of drug-likeness (QED) is 0.320. The molecule has 0 saturated heterocycles. The van der Waals surface area contributed by atoms with E-state index < -0.39 is 65.6 Å². The summed E-state index contributed by atoms with van der Waals surface area (Å²) in [5.41, 5.74) is 0. The number of hydrogen-bond acceptors (Lipinski definition) is 1. The number of alkyl halides is 15. The third kappa shape index (κ3) is 3.67. The van der Waals surface area contributed by atoms with E-state index >= 15 is 0 Å². The van der Waals surface area contributed by atoms with Gasteiger partial charge in [0.2, 0.25) is 0 Å². The summed E-state index contributed by atoms with van der Waals surface area (Å²) < 4.78 is 195. The number of hydrogen-bond donors (Lipinski definition) is 0. The van der Waals surface area contributed by atoms with Gasteiger partial charge in [-0.1, -0.05) is 6.08 Å². The molecule has 0 spiro atoms. The molecule has 0 aromatic rings. The van der Waals surface area contributed by atoms with E-state index in [-0.39, 0.29) is 0 Å². The van der Waals surface area contributed by atoms with E-state index in [1.54, 1.807) is 0 Å². The second kappa shape index (κ2) is 7.69. The van der Waals surface area contributed by atoms with Gasteiger partial charge in [-0.15, -0.1) is 6.58 Å². The van der Waals surface area contributed by atoms with Crippen molar-refractivity contribution < 1.29 is 70.7 Å². The highest BCUT2D eigenvalue weighted by molar-refractivity contribution is 5.85. The molecule has 0 rings (SSSR count). The first-order valence-corrected chi connectivity index (χ1v) is 7.17. The molecule has 0 aromatic heterocycles. The zero-order valence-electron chi connectivity index (χ0n) is 14.2. The monoisotopic (exact) mass is 481 g/mol. The third-order valence-corrected chi connectivity index (χ3v) is 3.61. The number of carbonyl (C=O) groups is 1. The molecule has 0 bridgehead atoms. The Kier molecular flexibility index (Phi) is 7.22. The van der Waals surface area contributed by atoms with Crippen molar-refractivity contribution in [2.45, 2.75) is 48.6 Å². The maximum atomic E-state index is 13.7. The minimum absolute atomic E-state index is 0.391. The fourth-order valence-corrected chi connectivity index (χ4v) is 1.81. The van der Waals surface area contributed by atoms with Crippen LogP contribution in [0.2, 0.25) is 0 Å². The summed E-state index contributed by atoms with van der Waals surface area (Å²) in [4.78, 5) is 11.0. The van der Waals surface area contributed by atoms with Crippen LogP contribution >= 0.6 is 0 Å². The summed E-state index contributed by atoms with van der Waals surface area (Å²) in [6, 6.07) is 0. The van der Waals surface area contributed by atoms with Gasteiger partial charge in [-0.25, -0.2) is 0 Å². The van der Waals surface area contributed by atoms with E-state index in [0.717, 1.165) is 6.92 Å². The van der Waals surface area contributed by atoms with Crippen LogP contribution in [0.3, 0.4) is 0 Å². The minimum atomic E-state index is -8.41. The van der Waals surface area contributed by atoms with Crippen molar-refractivity contribution in [1.82, 2.24) is 4.90 Å². The molecule has 0 heterocycles. The maximum absolute atomic E-state index is 13.7. The lowest BCUT2D eigenvalue weighted by atomic mass is 9.90. The highest BCUT2D eigenvalue weighted by Crippen LogP contribution is 2.62. The van der Waals surface area contributed by atoms with Crippen LogP contribution < -0.4 is 0 Å². The van der Waals surface area contributed by atoms with Crippen LogP contribution in [-0.4, -0.2) is 65.6 Å². The number of carbonyl (C=O) groups excluding carboxylic acids is 1. The van der Waals surface area contributed by atoms with Gasteiger partial charge in [0.25, 0.3) is 5.91 Å².